The van der Waals surface area contributed by atoms with Crippen molar-refractivity contribution in [3.05, 3.63) is 62.0 Å². The molecule has 0 spiro atoms. The molecule has 3 N–H and O–H groups in total. The lowest BCUT2D eigenvalue weighted by Crippen LogP contribution is -2.32. The highest BCUT2D eigenvalue weighted by Crippen LogP contribution is 2.35. The van der Waals surface area contributed by atoms with Gasteiger partial charge >= 0.3 is 5.97 Å². The molecule has 0 radical (unpaired) electrons. The molecule has 2 aromatic carbocycles. The molecule has 2 aromatic rings. The van der Waals surface area contributed by atoms with Gasteiger partial charge in [0, 0.05) is 6.07 Å². The second kappa shape index (κ2) is 13.8. The fraction of sp³-hybridized carbons (Fsp3) is 0.409. The molecule has 0 saturated heterocycles. The Hall–Kier alpha value is -1.55. The predicted molar refractivity (Wildman–Crippen MR) is 125 cm³/mol. The van der Waals surface area contributed by atoms with Crippen LogP contribution in [0.1, 0.15) is 31.9 Å². The molecular weight excluding hydrogens is 538 g/mol. The van der Waals surface area contributed by atoms with Gasteiger partial charge in [0.1, 0.15) is 30.0 Å². The number of halogens is 4. The average Bonchev–Trinajstić information content (AvgIpc) is 2.68. The Balaban J connectivity index is 0.000000592. The van der Waals surface area contributed by atoms with E-state index in [1.54, 1.807) is 12.1 Å². The summed E-state index contributed by atoms with van der Waals surface area (Å²) in [6.45, 7) is 10.1. The summed E-state index contributed by atoms with van der Waals surface area (Å²) in [6, 6.07) is 5.53. The van der Waals surface area contributed by atoms with Crippen molar-refractivity contribution in [2.75, 3.05) is 19.6 Å². The zero-order chi connectivity index (χ0) is 23.6. The number of hydrogen-bond acceptors (Lipinski definition) is 4. The monoisotopic (exact) mass is 564 g/mol. The minimum Gasteiger partial charge on any atom is -0.487 e. The molecule has 9 heteroatoms. The first-order chi connectivity index (χ1) is 14.6. The third-order valence-electron chi connectivity index (χ3n) is 4.48. The molecule has 31 heavy (non-hydrogen) atoms. The van der Waals surface area contributed by atoms with E-state index in [1.165, 1.54) is 31.8 Å². The van der Waals surface area contributed by atoms with Crippen LogP contribution in [0.5, 0.6) is 5.75 Å². The molecule has 1 unspecified atom stereocenters. The second-order valence-corrected chi connectivity index (χ2v) is 8.43. The fourth-order valence-corrected chi connectivity index (χ4v) is 4.24. The topological polar surface area (TPSA) is 75.8 Å². The number of carboxylic acid groups (broad SMARTS) is 1. The number of carbonyl (C=O) groups is 1. The van der Waals surface area contributed by atoms with Gasteiger partial charge in [0.15, 0.2) is 0 Å². The van der Waals surface area contributed by atoms with Gasteiger partial charge in [0.2, 0.25) is 0 Å². The lowest BCUT2D eigenvalue weighted by Gasteiger charge is -2.13. The number of nitrogens with zero attached hydrogens (tertiary/aromatic N) is 1. The van der Waals surface area contributed by atoms with E-state index in [0.717, 1.165) is 6.07 Å². The minimum absolute atomic E-state index is 0.0279. The van der Waals surface area contributed by atoms with E-state index in [9.17, 15) is 13.6 Å². The molecule has 0 aromatic heterocycles. The van der Waals surface area contributed by atoms with Crippen LogP contribution in [0.25, 0.3) is 0 Å². The Morgan fingerprint density at radius 3 is 1.87 bits per heavy atom. The van der Waals surface area contributed by atoms with Crippen LogP contribution in [0, 0.1) is 11.6 Å². The number of hydrogen-bond donors (Lipinski definition) is 2. The van der Waals surface area contributed by atoms with Crippen molar-refractivity contribution in [3.8, 4) is 5.75 Å². The maximum Gasteiger partial charge on any atom is 0.320 e. The molecule has 0 amide bonds. The van der Waals surface area contributed by atoms with Crippen molar-refractivity contribution < 1.29 is 23.4 Å². The highest BCUT2D eigenvalue weighted by molar-refractivity contribution is 9.11. The van der Waals surface area contributed by atoms with Gasteiger partial charge in [-0.25, -0.2) is 8.78 Å². The molecule has 0 bridgehead atoms. The summed E-state index contributed by atoms with van der Waals surface area (Å²) in [5.74, 6) is -2.00. The molecule has 0 aliphatic heterocycles. The molecule has 0 aliphatic carbocycles. The van der Waals surface area contributed by atoms with Crippen molar-refractivity contribution in [2.45, 2.75) is 39.8 Å². The van der Waals surface area contributed by atoms with Gasteiger partial charge in [-0.05, 0) is 93.3 Å². The first-order valence-electron chi connectivity index (χ1n) is 9.87. The lowest BCUT2D eigenvalue weighted by atomic mass is 10.1. The Morgan fingerprint density at radius 1 is 1.00 bits per heavy atom. The summed E-state index contributed by atoms with van der Waals surface area (Å²) >= 11 is 6.67. The van der Waals surface area contributed by atoms with Crippen LogP contribution >= 0.6 is 31.9 Å². The largest absolute Gasteiger partial charge is 0.487 e. The van der Waals surface area contributed by atoms with Crippen LogP contribution in [0.15, 0.2) is 39.3 Å². The van der Waals surface area contributed by atoms with Crippen LogP contribution < -0.4 is 10.5 Å². The normalized spacial score (nSPS) is 11.6. The Bertz CT molecular complexity index is 816. The summed E-state index contributed by atoms with van der Waals surface area (Å²) in [5, 5.41) is 8.86. The quantitative estimate of drug-likeness (QED) is 0.427. The Morgan fingerprint density at radius 2 is 1.48 bits per heavy atom. The minimum atomic E-state index is -1.09. The lowest BCUT2D eigenvalue weighted by molar-refractivity contribution is -0.138. The van der Waals surface area contributed by atoms with Gasteiger partial charge < -0.3 is 20.5 Å². The highest BCUT2D eigenvalue weighted by Gasteiger charge is 2.15. The van der Waals surface area contributed by atoms with Gasteiger partial charge in [-0.1, -0.05) is 20.8 Å². The van der Waals surface area contributed by atoms with Gasteiger partial charge in [-0.15, -0.1) is 0 Å². The van der Waals surface area contributed by atoms with Crippen molar-refractivity contribution >= 4 is 37.8 Å². The summed E-state index contributed by atoms with van der Waals surface area (Å²) in [5.41, 5.74) is 6.57. The van der Waals surface area contributed by atoms with Gasteiger partial charge in [0.25, 0.3) is 0 Å². The number of nitrogens with two attached hydrogens (primary N) is 1. The Kier molecular flexibility index (Phi) is 12.2. The molecule has 2 rings (SSSR count). The number of benzene rings is 2. The van der Waals surface area contributed by atoms with Gasteiger partial charge in [-0.3, -0.25) is 4.79 Å². The number of carboxylic acids is 1. The summed E-state index contributed by atoms with van der Waals surface area (Å²) in [6.07, 6.45) is 0.155. The van der Waals surface area contributed by atoms with E-state index in [-0.39, 0.29) is 13.0 Å². The zero-order valence-electron chi connectivity index (χ0n) is 17.8. The van der Waals surface area contributed by atoms with Gasteiger partial charge in [-0.2, -0.15) is 0 Å². The van der Waals surface area contributed by atoms with Crippen LogP contribution in [0.3, 0.4) is 0 Å². The zero-order valence-corrected chi connectivity index (χ0v) is 21.0. The molecule has 0 fully saturated rings. The molecule has 172 valence electrons. The molecule has 1 atom stereocenters. The molecule has 0 heterocycles. The molecule has 0 aliphatic rings. The Labute approximate surface area is 198 Å². The average molecular weight is 566 g/mol. The van der Waals surface area contributed by atoms with E-state index in [2.05, 4.69) is 57.5 Å². The van der Waals surface area contributed by atoms with Gasteiger partial charge in [0.05, 0.1) is 8.95 Å². The van der Waals surface area contributed by atoms with Crippen LogP contribution in [0.2, 0.25) is 0 Å². The highest BCUT2D eigenvalue weighted by atomic mass is 79.9. The van der Waals surface area contributed by atoms with E-state index in [4.69, 9.17) is 15.6 Å². The van der Waals surface area contributed by atoms with E-state index in [0.29, 0.717) is 25.8 Å². The summed E-state index contributed by atoms with van der Waals surface area (Å²) < 4.78 is 33.1. The smallest absolute Gasteiger partial charge is 0.320 e. The van der Waals surface area contributed by atoms with Crippen LogP contribution in [-0.4, -0.2) is 41.7 Å². The third-order valence-corrected chi connectivity index (χ3v) is 5.66. The van der Waals surface area contributed by atoms with Crippen molar-refractivity contribution in [1.82, 2.24) is 4.90 Å². The first-order valence-corrected chi connectivity index (χ1v) is 11.5. The fourth-order valence-electron chi connectivity index (χ4n) is 2.73. The van der Waals surface area contributed by atoms with Crippen molar-refractivity contribution in [1.29, 1.82) is 0 Å². The standard InChI is InChI=1S/C16H13Br2F2NO3.C6H15N/c17-12-3-8(5-14(21)16(22)23)4-13(18)15(12)24-7-9-1-10(19)6-11(20)2-9;1-4-7(5-2)6-3/h1-4,6,14H,5,7,21H2,(H,22,23);4-6H2,1-3H3. The summed E-state index contributed by atoms with van der Waals surface area (Å²) in [4.78, 5) is 13.2. The predicted octanol–water partition coefficient (Wildman–Crippen LogP) is 5.37. The van der Waals surface area contributed by atoms with Crippen LogP contribution in [0.4, 0.5) is 8.78 Å². The van der Waals surface area contributed by atoms with Crippen molar-refractivity contribution in [3.63, 3.8) is 0 Å². The SMILES string of the molecule is CCN(CC)CC.NC(Cc1cc(Br)c(OCc2cc(F)cc(F)c2)c(Br)c1)C(=O)O. The van der Waals surface area contributed by atoms with E-state index in [1.807, 2.05) is 0 Å². The van der Waals surface area contributed by atoms with Crippen molar-refractivity contribution in [2.24, 2.45) is 5.73 Å². The van der Waals surface area contributed by atoms with Crippen LogP contribution in [-0.2, 0) is 17.8 Å². The number of rotatable bonds is 9. The maximum atomic E-state index is 13.2. The van der Waals surface area contributed by atoms with E-state index >= 15 is 0 Å². The molecular formula is C22H28Br2F2N2O3. The number of ether oxygens (including phenoxy) is 1. The molecule has 5 nitrogen and oxygen atoms in total. The number of aliphatic carboxylic acids is 1. The molecule has 0 saturated carbocycles. The maximum absolute atomic E-state index is 13.2. The van der Waals surface area contributed by atoms with E-state index < -0.39 is 23.6 Å². The first kappa shape index (κ1) is 27.5. The third kappa shape index (κ3) is 9.64. The summed E-state index contributed by atoms with van der Waals surface area (Å²) in [7, 11) is 0. The second-order valence-electron chi connectivity index (χ2n) is 6.72.